The molecule has 0 aliphatic carbocycles. The normalized spacial score (nSPS) is 16.3. The average Bonchev–Trinajstić information content (AvgIpc) is 2.44. The highest BCUT2D eigenvalue weighted by molar-refractivity contribution is 6.27. The molecular weight excluding hydrogens is 190 g/mol. The second-order valence-corrected chi connectivity index (χ2v) is 3.65. The van der Waals surface area contributed by atoms with Crippen LogP contribution in [0.4, 0.5) is 5.69 Å². The summed E-state index contributed by atoms with van der Waals surface area (Å²) < 4.78 is 0. The first-order valence-corrected chi connectivity index (χ1v) is 4.71. The minimum Gasteiger partial charge on any atom is -0.274 e. The van der Waals surface area contributed by atoms with Crippen LogP contribution in [-0.4, -0.2) is 11.8 Å². The summed E-state index contributed by atoms with van der Waals surface area (Å²) in [5.74, 6) is -0.488. The van der Waals surface area contributed by atoms with E-state index in [1.165, 1.54) is 4.90 Å². The van der Waals surface area contributed by atoms with Gasteiger partial charge < -0.3 is 0 Å². The quantitative estimate of drug-likeness (QED) is 0.513. The summed E-state index contributed by atoms with van der Waals surface area (Å²) >= 11 is 0. The molecule has 3 heteroatoms. The number of hydrogen-bond acceptors (Lipinski definition) is 2. The standard InChI is InChI=1S/C12H11NO2/c1-8-3-5-10(6-4-8)13-11(14)7-9(2)12(13)15/h3-6H,2,7H2,1H3. The third-order valence-corrected chi connectivity index (χ3v) is 2.41. The summed E-state index contributed by atoms with van der Waals surface area (Å²) in [5.41, 5.74) is 2.08. The second-order valence-electron chi connectivity index (χ2n) is 3.65. The van der Waals surface area contributed by atoms with E-state index in [2.05, 4.69) is 6.58 Å². The van der Waals surface area contributed by atoms with Crippen molar-refractivity contribution >= 4 is 17.5 Å². The minimum absolute atomic E-state index is 0.132. The number of hydrogen-bond donors (Lipinski definition) is 0. The lowest BCUT2D eigenvalue weighted by Gasteiger charge is -2.13. The van der Waals surface area contributed by atoms with Crippen LogP contribution in [-0.2, 0) is 9.59 Å². The van der Waals surface area contributed by atoms with Gasteiger partial charge in [-0.15, -0.1) is 0 Å². The molecule has 1 fully saturated rings. The van der Waals surface area contributed by atoms with Crippen LogP contribution in [0.1, 0.15) is 12.0 Å². The number of benzene rings is 1. The maximum absolute atomic E-state index is 11.6. The van der Waals surface area contributed by atoms with E-state index in [0.29, 0.717) is 11.3 Å². The molecule has 0 saturated carbocycles. The molecule has 0 spiro atoms. The van der Waals surface area contributed by atoms with E-state index in [9.17, 15) is 9.59 Å². The molecular formula is C12H11NO2. The Balaban J connectivity index is 2.39. The number of rotatable bonds is 1. The largest absolute Gasteiger partial charge is 0.274 e. The van der Waals surface area contributed by atoms with E-state index in [0.717, 1.165) is 5.56 Å². The van der Waals surface area contributed by atoms with Gasteiger partial charge in [-0.25, -0.2) is 4.90 Å². The zero-order chi connectivity index (χ0) is 11.0. The number of nitrogens with zero attached hydrogens (tertiary/aromatic N) is 1. The highest BCUT2D eigenvalue weighted by Crippen LogP contribution is 2.24. The molecule has 3 nitrogen and oxygen atoms in total. The molecule has 0 unspecified atom stereocenters. The lowest BCUT2D eigenvalue weighted by molar-refractivity contribution is -0.120. The van der Waals surface area contributed by atoms with Gasteiger partial charge in [-0.1, -0.05) is 24.3 Å². The zero-order valence-corrected chi connectivity index (χ0v) is 8.49. The molecule has 0 atom stereocenters. The molecule has 1 aromatic rings. The van der Waals surface area contributed by atoms with E-state index in [1.54, 1.807) is 12.1 Å². The molecule has 15 heavy (non-hydrogen) atoms. The van der Waals surface area contributed by atoms with Crippen LogP contribution in [0, 0.1) is 6.92 Å². The van der Waals surface area contributed by atoms with E-state index in [1.807, 2.05) is 19.1 Å². The fourth-order valence-corrected chi connectivity index (χ4v) is 1.56. The summed E-state index contributed by atoms with van der Waals surface area (Å²) in [4.78, 5) is 24.3. The first-order valence-electron chi connectivity index (χ1n) is 4.71. The monoisotopic (exact) mass is 201 g/mol. The van der Waals surface area contributed by atoms with Gasteiger partial charge >= 0.3 is 0 Å². The Morgan fingerprint density at radius 3 is 2.27 bits per heavy atom. The van der Waals surface area contributed by atoms with Gasteiger partial charge in [-0.3, -0.25) is 9.59 Å². The number of amides is 2. The highest BCUT2D eigenvalue weighted by atomic mass is 16.2. The smallest absolute Gasteiger partial charge is 0.260 e. The van der Waals surface area contributed by atoms with Gasteiger partial charge in [0.2, 0.25) is 5.91 Å². The van der Waals surface area contributed by atoms with Gasteiger partial charge in [-0.05, 0) is 19.1 Å². The number of carbonyl (C=O) groups is 2. The van der Waals surface area contributed by atoms with Crippen molar-refractivity contribution in [2.75, 3.05) is 4.90 Å². The summed E-state index contributed by atoms with van der Waals surface area (Å²) in [6.45, 7) is 5.52. The molecule has 1 saturated heterocycles. The van der Waals surface area contributed by atoms with Gasteiger partial charge in [0.15, 0.2) is 0 Å². The third-order valence-electron chi connectivity index (χ3n) is 2.41. The van der Waals surface area contributed by atoms with Gasteiger partial charge in [0.1, 0.15) is 0 Å². The van der Waals surface area contributed by atoms with Crippen molar-refractivity contribution in [1.29, 1.82) is 0 Å². The zero-order valence-electron chi connectivity index (χ0n) is 8.49. The molecule has 0 radical (unpaired) electrons. The fourth-order valence-electron chi connectivity index (χ4n) is 1.56. The molecule has 1 heterocycles. The van der Waals surface area contributed by atoms with Gasteiger partial charge in [0.25, 0.3) is 5.91 Å². The minimum atomic E-state index is -0.288. The van der Waals surface area contributed by atoms with E-state index in [4.69, 9.17) is 0 Å². The molecule has 1 aliphatic heterocycles. The Hall–Kier alpha value is -1.90. The maximum Gasteiger partial charge on any atom is 0.260 e. The summed E-state index contributed by atoms with van der Waals surface area (Å²) in [6.07, 6.45) is 0.132. The number of anilines is 1. The summed E-state index contributed by atoms with van der Waals surface area (Å²) in [7, 11) is 0. The SMILES string of the molecule is C=C1CC(=O)N(c2ccc(C)cc2)C1=O. The van der Waals surface area contributed by atoms with Gasteiger partial charge in [-0.2, -0.15) is 0 Å². The van der Waals surface area contributed by atoms with Crippen LogP contribution in [0.2, 0.25) is 0 Å². The topological polar surface area (TPSA) is 37.4 Å². The van der Waals surface area contributed by atoms with Gasteiger partial charge in [0.05, 0.1) is 12.1 Å². The first-order chi connectivity index (χ1) is 7.09. The maximum atomic E-state index is 11.6. The molecule has 0 bridgehead atoms. The first kappa shape index (κ1) is 9.65. The van der Waals surface area contributed by atoms with E-state index < -0.39 is 0 Å². The van der Waals surface area contributed by atoms with Crippen LogP contribution in [0.3, 0.4) is 0 Å². The predicted octanol–water partition coefficient (Wildman–Crippen LogP) is 1.81. The fraction of sp³-hybridized carbons (Fsp3) is 0.167. The predicted molar refractivity (Wildman–Crippen MR) is 57.4 cm³/mol. The van der Waals surface area contributed by atoms with Crippen LogP contribution < -0.4 is 4.90 Å². The van der Waals surface area contributed by atoms with Crippen molar-refractivity contribution in [2.24, 2.45) is 0 Å². The Labute approximate surface area is 88.0 Å². The molecule has 1 aliphatic rings. The second kappa shape index (κ2) is 3.35. The summed E-state index contributed by atoms with van der Waals surface area (Å²) in [5, 5.41) is 0. The van der Waals surface area contributed by atoms with Crippen molar-refractivity contribution < 1.29 is 9.59 Å². The van der Waals surface area contributed by atoms with Crippen molar-refractivity contribution in [1.82, 2.24) is 0 Å². The van der Waals surface area contributed by atoms with E-state index >= 15 is 0 Å². The molecule has 2 amide bonds. The Bertz CT molecular complexity index is 445. The Kier molecular flexibility index (Phi) is 2.15. The van der Waals surface area contributed by atoms with Crippen LogP contribution >= 0.6 is 0 Å². The molecule has 0 aromatic heterocycles. The van der Waals surface area contributed by atoms with Crippen molar-refractivity contribution in [2.45, 2.75) is 13.3 Å². The van der Waals surface area contributed by atoms with Crippen molar-refractivity contribution in [3.8, 4) is 0 Å². The highest BCUT2D eigenvalue weighted by Gasteiger charge is 2.33. The Morgan fingerprint density at radius 1 is 1.20 bits per heavy atom. The molecule has 76 valence electrons. The molecule has 2 rings (SSSR count). The van der Waals surface area contributed by atoms with Crippen molar-refractivity contribution in [3.63, 3.8) is 0 Å². The van der Waals surface area contributed by atoms with Gasteiger partial charge in [0, 0.05) is 5.57 Å². The molecule has 0 N–H and O–H groups in total. The number of carbonyl (C=O) groups excluding carboxylic acids is 2. The lowest BCUT2D eigenvalue weighted by atomic mass is 10.2. The number of aryl methyl sites for hydroxylation is 1. The van der Waals surface area contributed by atoms with Crippen molar-refractivity contribution in [3.05, 3.63) is 42.0 Å². The van der Waals surface area contributed by atoms with Crippen LogP contribution in [0.5, 0.6) is 0 Å². The summed E-state index contributed by atoms with van der Waals surface area (Å²) in [6, 6.07) is 7.28. The third kappa shape index (κ3) is 1.56. The van der Waals surface area contributed by atoms with Crippen LogP contribution in [0.25, 0.3) is 0 Å². The Morgan fingerprint density at radius 2 is 1.80 bits per heavy atom. The number of imide groups is 1. The average molecular weight is 201 g/mol. The molecule has 1 aromatic carbocycles. The lowest BCUT2D eigenvalue weighted by Crippen LogP contribution is -2.28. The van der Waals surface area contributed by atoms with E-state index in [-0.39, 0.29) is 18.2 Å². The van der Waals surface area contributed by atoms with Crippen LogP contribution in [0.15, 0.2) is 36.4 Å².